The molecule has 0 radical (unpaired) electrons. The van der Waals surface area contributed by atoms with Gasteiger partial charge in [-0.2, -0.15) is 4.98 Å². The fourth-order valence-corrected chi connectivity index (χ4v) is 4.74. The molecule has 0 saturated carbocycles. The maximum absolute atomic E-state index is 13.6. The molecule has 0 fully saturated rings. The van der Waals surface area contributed by atoms with Gasteiger partial charge < -0.3 is 18.9 Å². The molecular weight excluding hydrogens is 458 g/mol. The summed E-state index contributed by atoms with van der Waals surface area (Å²) in [5, 5.41) is 0. The number of hydrogen-bond acceptors (Lipinski definition) is 6. The molecule has 4 aromatic rings. The van der Waals surface area contributed by atoms with E-state index in [0.717, 1.165) is 11.3 Å². The monoisotopic (exact) mass is 487 g/mol. The van der Waals surface area contributed by atoms with Gasteiger partial charge >= 0.3 is 5.69 Å². The van der Waals surface area contributed by atoms with Crippen molar-refractivity contribution in [2.24, 2.45) is 13.0 Å². The van der Waals surface area contributed by atoms with E-state index in [0.29, 0.717) is 41.7 Å². The van der Waals surface area contributed by atoms with Crippen molar-refractivity contribution < 1.29 is 9.47 Å². The highest BCUT2D eigenvalue weighted by Crippen LogP contribution is 2.39. The number of benzene rings is 2. The van der Waals surface area contributed by atoms with Gasteiger partial charge in [-0.1, -0.05) is 49.4 Å². The molecule has 0 bridgehead atoms. The van der Waals surface area contributed by atoms with Crippen LogP contribution in [-0.2, 0) is 20.1 Å². The van der Waals surface area contributed by atoms with Crippen molar-refractivity contribution in [1.29, 1.82) is 0 Å². The standard InChI is InChI=1S/C27H29N5O4/c1-18-16-31(21-13-12-20(35-3)15-22(21)36-4)26-28-24-23(32(26)17-18)25(33)30(27(34)29(24)2)14-8-11-19-9-6-5-7-10-19/h5-13,15,18H,14,16-17H2,1-4H3. The van der Waals surface area contributed by atoms with Gasteiger partial charge in [0.1, 0.15) is 11.5 Å². The lowest BCUT2D eigenvalue weighted by Gasteiger charge is -2.33. The van der Waals surface area contributed by atoms with Crippen LogP contribution in [0, 0.1) is 5.92 Å². The number of aryl methyl sites for hydroxylation is 1. The number of aromatic nitrogens is 4. The molecule has 0 aliphatic carbocycles. The largest absolute Gasteiger partial charge is 0.497 e. The van der Waals surface area contributed by atoms with Crippen molar-refractivity contribution in [1.82, 2.24) is 18.7 Å². The average molecular weight is 488 g/mol. The molecule has 0 amide bonds. The summed E-state index contributed by atoms with van der Waals surface area (Å²) in [4.78, 5) is 33.6. The van der Waals surface area contributed by atoms with Crippen LogP contribution in [0.25, 0.3) is 17.2 Å². The maximum Gasteiger partial charge on any atom is 0.332 e. The summed E-state index contributed by atoms with van der Waals surface area (Å²) < 4.78 is 15.6. The molecule has 1 aliphatic heterocycles. The number of fused-ring (bicyclic) bond motifs is 3. The van der Waals surface area contributed by atoms with Crippen LogP contribution in [0.2, 0.25) is 0 Å². The highest BCUT2D eigenvalue weighted by atomic mass is 16.5. The fraction of sp³-hybridized carbons (Fsp3) is 0.296. The van der Waals surface area contributed by atoms with E-state index >= 15 is 0 Å². The maximum atomic E-state index is 13.6. The van der Waals surface area contributed by atoms with E-state index in [9.17, 15) is 9.59 Å². The van der Waals surface area contributed by atoms with Gasteiger partial charge in [0.05, 0.1) is 19.9 Å². The number of hydrogen-bond donors (Lipinski definition) is 0. The number of methoxy groups -OCH3 is 2. The summed E-state index contributed by atoms with van der Waals surface area (Å²) in [6.45, 7) is 3.60. The first-order valence-electron chi connectivity index (χ1n) is 11.8. The highest BCUT2D eigenvalue weighted by molar-refractivity contribution is 5.78. The zero-order valence-electron chi connectivity index (χ0n) is 20.8. The molecule has 1 atom stereocenters. The summed E-state index contributed by atoms with van der Waals surface area (Å²) in [6.07, 6.45) is 3.73. The van der Waals surface area contributed by atoms with Crippen LogP contribution in [0.1, 0.15) is 12.5 Å². The third kappa shape index (κ3) is 3.96. The second-order valence-electron chi connectivity index (χ2n) is 9.02. The number of allylic oxidation sites excluding steroid dienone is 1. The van der Waals surface area contributed by atoms with E-state index < -0.39 is 5.69 Å². The van der Waals surface area contributed by atoms with Gasteiger partial charge in [0.15, 0.2) is 11.2 Å². The van der Waals surface area contributed by atoms with E-state index in [4.69, 9.17) is 14.5 Å². The Morgan fingerprint density at radius 3 is 2.56 bits per heavy atom. The van der Waals surface area contributed by atoms with Crippen LogP contribution in [-0.4, -0.2) is 39.4 Å². The molecule has 3 heterocycles. The van der Waals surface area contributed by atoms with E-state index in [1.54, 1.807) is 21.3 Å². The Bertz CT molecular complexity index is 1570. The van der Waals surface area contributed by atoms with Crippen molar-refractivity contribution in [2.45, 2.75) is 20.0 Å². The van der Waals surface area contributed by atoms with Gasteiger partial charge in [0.25, 0.3) is 5.56 Å². The lowest BCUT2D eigenvalue weighted by atomic mass is 10.1. The van der Waals surface area contributed by atoms with Crippen LogP contribution >= 0.6 is 0 Å². The van der Waals surface area contributed by atoms with E-state index in [-0.39, 0.29) is 18.0 Å². The summed E-state index contributed by atoms with van der Waals surface area (Å²) in [5.74, 6) is 2.16. The Morgan fingerprint density at radius 1 is 1.06 bits per heavy atom. The molecule has 0 spiro atoms. The van der Waals surface area contributed by atoms with Gasteiger partial charge in [0, 0.05) is 32.7 Å². The second kappa shape index (κ2) is 9.41. The number of nitrogens with zero attached hydrogens (tertiary/aromatic N) is 5. The molecule has 9 nitrogen and oxygen atoms in total. The number of ether oxygens (including phenoxy) is 2. The van der Waals surface area contributed by atoms with Crippen molar-refractivity contribution in [3.8, 4) is 11.5 Å². The van der Waals surface area contributed by atoms with Crippen LogP contribution in [0.3, 0.4) is 0 Å². The molecule has 1 aliphatic rings. The molecule has 2 aromatic heterocycles. The Kier molecular flexibility index (Phi) is 6.13. The normalized spacial score (nSPS) is 15.4. The van der Waals surface area contributed by atoms with Gasteiger partial charge in [-0.3, -0.25) is 13.9 Å². The molecule has 186 valence electrons. The van der Waals surface area contributed by atoms with Crippen molar-refractivity contribution in [2.75, 3.05) is 25.7 Å². The smallest absolute Gasteiger partial charge is 0.332 e. The average Bonchev–Trinajstić information content (AvgIpc) is 3.28. The minimum atomic E-state index is -0.401. The highest BCUT2D eigenvalue weighted by Gasteiger charge is 2.31. The summed E-state index contributed by atoms with van der Waals surface area (Å²) >= 11 is 0. The predicted molar refractivity (Wildman–Crippen MR) is 140 cm³/mol. The lowest BCUT2D eigenvalue weighted by molar-refractivity contribution is 0.392. The fourth-order valence-electron chi connectivity index (χ4n) is 4.74. The number of anilines is 2. The summed E-state index contributed by atoms with van der Waals surface area (Å²) in [6, 6.07) is 15.4. The van der Waals surface area contributed by atoms with Crippen molar-refractivity contribution >= 4 is 28.9 Å². The molecule has 0 N–H and O–H groups in total. The summed E-state index contributed by atoms with van der Waals surface area (Å²) in [7, 11) is 4.87. The first-order valence-corrected chi connectivity index (χ1v) is 11.8. The molecule has 5 rings (SSSR count). The van der Waals surface area contributed by atoms with Crippen LogP contribution in [0.4, 0.5) is 11.6 Å². The van der Waals surface area contributed by atoms with Crippen LogP contribution in [0.15, 0.2) is 64.2 Å². The van der Waals surface area contributed by atoms with Crippen molar-refractivity contribution in [3.05, 3.63) is 81.0 Å². The zero-order chi connectivity index (χ0) is 25.4. The lowest BCUT2D eigenvalue weighted by Crippen LogP contribution is -2.40. The Balaban J connectivity index is 1.64. The van der Waals surface area contributed by atoms with Crippen molar-refractivity contribution in [3.63, 3.8) is 0 Å². The predicted octanol–water partition coefficient (Wildman–Crippen LogP) is 3.42. The molecule has 9 heteroatoms. The van der Waals surface area contributed by atoms with Crippen LogP contribution < -0.4 is 25.6 Å². The first-order chi connectivity index (χ1) is 17.4. The Labute approximate surface area is 208 Å². The van der Waals surface area contributed by atoms with Gasteiger partial charge in [-0.25, -0.2) is 4.79 Å². The third-order valence-electron chi connectivity index (χ3n) is 6.52. The molecule has 1 unspecified atom stereocenters. The minimum absolute atomic E-state index is 0.169. The SMILES string of the molecule is COc1ccc(N2CC(C)Cn3c2nc2c3c(=O)n(CC=Cc3ccccc3)c(=O)n2C)c(OC)c1. The minimum Gasteiger partial charge on any atom is -0.497 e. The van der Waals surface area contributed by atoms with Gasteiger partial charge in [-0.15, -0.1) is 0 Å². The molecule has 36 heavy (non-hydrogen) atoms. The van der Waals surface area contributed by atoms with Gasteiger partial charge in [0.2, 0.25) is 5.95 Å². The summed E-state index contributed by atoms with van der Waals surface area (Å²) in [5.41, 5.74) is 1.86. The molecule has 0 saturated heterocycles. The zero-order valence-corrected chi connectivity index (χ0v) is 20.8. The Hall–Kier alpha value is -4.27. The number of rotatable bonds is 6. The quantitative estimate of drug-likeness (QED) is 0.415. The van der Waals surface area contributed by atoms with Crippen LogP contribution in [0.5, 0.6) is 11.5 Å². The van der Waals surface area contributed by atoms with E-state index in [1.165, 1.54) is 9.13 Å². The first kappa shape index (κ1) is 23.5. The second-order valence-corrected chi connectivity index (χ2v) is 9.02. The number of imidazole rings is 1. The molecule has 2 aromatic carbocycles. The third-order valence-corrected chi connectivity index (χ3v) is 6.52. The van der Waals surface area contributed by atoms with E-state index in [1.807, 2.05) is 70.1 Å². The van der Waals surface area contributed by atoms with E-state index in [2.05, 4.69) is 6.92 Å². The van der Waals surface area contributed by atoms with Gasteiger partial charge in [-0.05, 0) is 23.6 Å². The topological polar surface area (TPSA) is 83.5 Å². The molecular formula is C27H29N5O4. The Morgan fingerprint density at radius 2 is 1.83 bits per heavy atom.